The molecule has 0 saturated carbocycles. The molecule has 0 amide bonds. The summed E-state index contributed by atoms with van der Waals surface area (Å²) >= 11 is 8.81. The summed E-state index contributed by atoms with van der Waals surface area (Å²) in [6, 6.07) is 17.0. The average molecular weight is 426 g/mol. The fourth-order valence-electron chi connectivity index (χ4n) is 2.18. The minimum absolute atomic E-state index is 0.356. The standard InChI is InChI=1S/C16H14Br2N2S/c17-12-6-7-15(14(18)9-12)20-16-19-13(10-21-16)8-11-4-2-1-3-5-11/h1-7,9,13H,8,10H2,(H,19,20). The first-order chi connectivity index (χ1) is 10.2. The maximum atomic E-state index is 4.78. The number of halogens is 2. The molecule has 1 heterocycles. The van der Waals surface area contributed by atoms with Crippen molar-refractivity contribution in [1.82, 2.24) is 0 Å². The van der Waals surface area contributed by atoms with Gasteiger partial charge in [-0.15, -0.1) is 0 Å². The van der Waals surface area contributed by atoms with Gasteiger partial charge in [0.25, 0.3) is 0 Å². The second-order valence-electron chi connectivity index (χ2n) is 4.84. The van der Waals surface area contributed by atoms with E-state index in [-0.39, 0.29) is 0 Å². The topological polar surface area (TPSA) is 24.4 Å². The molecule has 1 aliphatic rings. The van der Waals surface area contributed by atoms with Gasteiger partial charge in [-0.1, -0.05) is 58.0 Å². The van der Waals surface area contributed by atoms with Gasteiger partial charge < -0.3 is 5.32 Å². The van der Waals surface area contributed by atoms with Gasteiger partial charge in [-0.3, -0.25) is 4.99 Å². The summed E-state index contributed by atoms with van der Waals surface area (Å²) in [5, 5.41) is 4.40. The lowest BCUT2D eigenvalue weighted by Crippen LogP contribution is -2.08. The summed E-state index contributed by atoms with van der Waals surface area (Å²) in [5.41, 5.74) is 2.39. The van der Waals surface area contributed by atoms with Gasteiger partial charge in [0.15, 0.2) is 5.17 Å². The number of thioether (sulfide) groups is 1. The second-order valence-corrected chi connectivity index (χ2v) is 7.62. The number of nitrogens with zero attached hydrogens (tertiary/aromatic N) is 1. The lowest BCUT2D eigenvalue weighted by molar-refractivity contribution is 0.762. The zero-order chi connectivity index (χ0) is 14.7. The van der Waals surface area contributed by atoms with E-state index in [1.807, 2.05) is 24.3 Å². The Kier molecular flexibility index (Phi) is 5.03. The van der Waals surface area contributed by atoms with E-state index in [1.165, 1.54) is 5.56 Å². The third-order valence-corrected chi connectivity index (χ3v) is 5.38. The van der Waals surface area contributed by atoms with Crippen LogP contribution in [0.1, 0.15) is 5.56 Å². The first-order valence-corrected chi connectivity index (χ1v) is 9.24. The average Bonchev–Trinajstić information content (AvgIpc) is 2.90. The molecule has 0 fully saturated rings. The van der Waals surface area contributed by atoms with Crippen molar-refractivity contribution >= 4 is 54.5 Å². The summed E-state index contributed by atoms with van der Waals surface area (Å²) in [4.78, 5) is 4.78. The van der Waals surface area contributed by atoms with E-state index in [0.29, 0.717) is 6.04 Å². The summed E-state index contributed by atoms with van der Waals surface area (Å²) in [7, 11) is 0. The van der Waals surface area contributed by atoms with Crippen molar-refractivity contribution in [2.45, 2.75) is 12.5 Å². The number of amidine groups is 1. The molecule has 108 valence electrons. The molecule has 3 rings (SSSR count). The monoisotopic (exact) mass is 424 g/mol. The van der Waals surface area contributed by atoms with Crippen LogP contribution in [0, 0.1) is 0 Å². The van der Waals surface area contributed by atoms with Gasteiger partial charge >= 0.3 is 0 Å². The van der Waals surface area contributed by atoms with Gasteiger partial charge in [-0.2, -0.15) is 0 Å². The van der Waals surface area contributed by atoms with Crippen molar-refractivity contribution in [3.63, 3.8) is 0 Å². The fraction of sp³-hybridized carbons (Fsp3) is 0.188. The smallest absolute Gasteiger partial charge is 0.161 e. The van der Waals surface area contributed by atoms with Crippen LogP contribution in [-0.2, 0) is 6.42 Å². The first-order valence-electron chi connectivity index (χ1n) is 6.67. The van der Waals surface area contributed by atoms with Crippen LogP contribution in [0.4, 0.5) is 5.69 Å². The molecule has 0 bridgehead atoms. The highest BCUT2D eigenvalue weighted by Crippen LogP contribution is 2.29. The molecule has 0 saturated heterocycles. The van der Waals surface area contributed by atoms with Crippen molar-refractivity contribution in [3.05, 3.63) is 63.0 Å². The molecular formula is C16H14Br2N2S. The third kappa shape index (κ3) is 4.11. The molecule has 0 spiro atoms. The molecule has 5 heteroatoms. The predicted octanol–water partition coefficient (Wildman–Crippen LogP) is 5.34. The van der Waals surface area contributed by atoms with E-state index in [4.69, 9.17) is 4.99 Å². The predicted molar refractivity (Wildman–Crippen MR) is 99.3 cm³/mol. The van der Waals surface area contributed by atoms with Crippen molar-refractivity contribution in [2.24, 2.45) is 4.99 Å². The van der Waals surface area contributed by atoms with Crippen LogP contribution >= 0.6 is 43.6 Å². The van der Waals surface area contributed by atoms with Gasteiger partial charge in [-0.05, 0) is 46.1 Å². The molecule has 21 heavy (non-hydrogen) atoms. The number of benzene rings is 2. The Labute approximate surface area is 145 Å². The fourth-order valence-corrected chi connectivity index (χ4v) is 4.28. The number of hydrogen-bond acceptors (Lipinski definition) is 3. The van der Waals surface area contributed by atoms with Crippen LogP contribution in [0.5, 0.6) is 0 Å². The Hall–Kier alpha value is -0.780. The Morgan fingerprint density at radius 2 is 1.95 bits per heavy atom. The van der Waals surface area contributed by atoms with Crippen LogP contribution in [-0.4, -0.2) is 17.0 Å². The molecular weight excluding hydrogens is 412 g/mol. The Morgan fingerprint density at radius 3 is 2.71 bits per heavy atom. The van der Waals surface area contributed by atoms with Crippen LogP contribution in [0.3, 0.4) is 0 Å². The van der Waals surface area contributed by atoms with Crippen molar-refractivity contribution < 1.29 is 0 Å². The van der Waals surface area contributed by atoms with Gasteiger partial charge in [-0.25, -0.2) is 0 Å². The second kappa shape index (κ2) is 6.99. The summed E-state index contributed by atoms with van der Waals surface area (Å²) in [6.45, 7) is 0. The number of nitrogens with one attached hydrogen (secondary N) is 1. The van der Waals surface area contributed by atoms with Crippen molar-refractivity contribution in [1.29, 1.82) is 0 Å². The maximum Gasteiger partial charge on any atom is 0.161 e. The van der Waals surface area contributed by atoms with Crippen LogP contribution in [0.15, 0.2) is 62.5 Å². The van der Waals surface area contributed by atoms with Gasteiger partial charge in [0.2, 0.25) is 0 Å². The molecule has 1 unspecified atom stereocenters. The Balaban J connectivity index is 1.66. The molecule has 2 aromatic rings. The zero-order valence-electron chi connectivity index (χ0n) is 11.2. The van der Waals surface area contributed by atoms with Crippen molar-refractivity contribution in [2.75, 3.05) is 11.1 Å². The van der Waals surface area contributed by atoms with Crippen LogP contribution in [0.25, 0.3) is 0 Å². The van der Waals surface area contributed by atoms with E-state index in [9.17, 15) is 0 Å². The quantitative estimate of drug-likeness (QED) is 0.717. The largest absolute Gasteiger partial charge is 0.334 e. The first kappa shape index (κ1) is 15.1. The number of anilines is 1. The van der Waals surface area contributed by atoms with Crippen LogP contribution in [0.2, 0.25) is 0 Å². The number of aliphatic imine (C=N–C) groups is 1. The minimum atomic E-state index is 0.356. The van der Waals surface area contributed by atoms with Gasteiger partial charge in [0.1, 0.15) is 0 Å². The third-order valence-electron chi connectivity index (χ3n) is 3.20. The van der Waals surface area contributed by atoms with E-state index in [0.717, 1.165) is 32.0 Å². The van der Waals surface area contributed by atoms with E-state index >= 15 is 0 Å². The molecule has 2 nitrogen and oxygen atoms in total. The lowest BCUT2D eigenvalue weighted by atomic mass is 10.1. The van der Waals surface area contributed by atoms with Crippen LogP contribution < -0.4 is 5.32 Å². The molecule has 0 aliphatic carbocycles. The molecule has 2 aromatic carbocycles. The normalized spacial score (nSPS) is 17.6. The summed E-state index contributed by atoms with van der Waals surface area (Å²) in [5.74, 6) is 1.03. The molecule has 1 atom stereocenters. The van der Waals surface area contributed by atoms with Crippen molar-refractivity contribution in [3.8, 4) is 0 Å². The lowest BCUT2D eigenvalue weighted by Gasteiger charge is -2.07. The molecule has 0 aromatic heterocycles. The van der Waals surface area contributed by atoms with Gasteiger partial charge in [0.05, 0.1) is 11.7 Å². The Bertz CT molecular complexity index is 659. The summed E-state index contributed by atoms with van der Waals surface area (Å²) < 4.78 is 2.09. The Morgan fingerprint density at radius 1 is 1.14 bits per heavy atom. The maximum absolute atomic E-state index is 4.78. The molecule has 0 radical (unpaired) electrons. The van der Waals surface area contributed by atoms with Gasteiger partial charge in [0, 0.05) is 14.7 Å². The number of rotatable bonds is 3. The molecule has 1 aliphatic heterocycles. The highest BCUT2D eigenvalue weighted by Gasteiger charge is 2.19. The zero-order valence-corrected chi connectivity index (χ0v) is 15.2. The van der Waals surface area contributed by atoms with E-state index in [2.05, 4.69) is 61.4 Å². The minimum Gasteiger partial charge on any atom is -0.334 e. The summed E-state index contributed by atoms with van der Waals surface area (Å²) in [6.07, 6.45) is 1.00. The number of hydrogen-bond donors (Lipinski definition) is 1. The van der Waals surface area contributed by atoms with E-state index in [1.54, 1.807) is 11.8 Å². The molecule has 1 N–H and O–H groups in total. The highest BCUT2D eigenvalue weighted by molar-refractivity contribution is 9.11. The highest BCUT2D eigenvalue weighted by atomic mass is 79.9. The SMILES string of the molecule is Brc1ccc(NC2=NC(Cc3ccccc3)CS2)c(Br)c1. The van der Waals surface area contributed by atoms with E-state index < -0.39 is 0 Å².